The summed E-state index contributed by atoms with van der Waals surface area (Å²) in [6.45, 7) is 1.00. The van der Waals surface area contributed by atoms with Crippen molar-refractivity contribution >= 4 is 17.7 Å². The van der Waals surface area contributed by atoms with E-state index in [0.29, 0.717) is 5.75 Å². The number of aromatic nitrogens is 3. The predicted molar refractivity (Wildman–Crippen MR) is 97.3 cm³/mol. The van der Waals surface area contributed by atoms with Crippen LogP contribution in [0.15, 0.2) is 5.16 Å². The van der Waals surface area contributed by atoms with Gasteiger partial charge in [0.1, 0.15) is 5.82 Å². The van der Waals surface area contributed by atoms with Crippen LogP contribution < -0.4 is 5.32 Å². The molecule has 1 aromatic heterocycles. The molecule has 6 heteroatoms. The molecule has 2 heterocycles. The molecule has 1 aromatic rings. The van der Waals surface area contributed by atoms with Crippen LogP contribution in [-0.4, -0.2) is 32.0 Å². The van der Waals surface area contributed by atoms with E-state index in [1.54, 1.807) is 11.8 Å². The second kappa shape index (κ2) is 6.29. The second-order valence-corrected chi connectivity index (χ2v) is 9.84. The molecule has 1 amide bonds. The summed E-state index contributed by atoms with van der Waals surface area (Å²) < 4.78 is 2.23. The highest BCUT2D eigenvalue weighted by Crippen LogP contribution is 2.55. The van der Waals surface area contributed by atoms with Crippen molar-refractivity contribution in [1.82, 2.24) is 20.1 Å². The molecule has 5 aliphatic rings. The highest BCUT2D eigenvalue weighted by atomic mass is 32.2. The highest BCUT2D eigenvalue weighted by Gasteiger charge is 2.51. The highest BCUT2D eigenvalue weighted by molar-refractivity contribution is 7.99. The van der Waals surface area contributed by atoms with Gasteiger partial charge in [0.25, 0.3) is 0 Å². The van der Waals surface area contributed by atoms with Crippen LogP contribution in [0.25, 0.3) is 0 Å². The van der Waals surface area contributed by atoms with Crippen molar-refractivity contribution < 1.29 is 4.79 Å². The molecule has 5 nitrogen and oxygen atoms in total. The van der Waals surface area contributed by atoms with Crippen molar-refractivity contribution in [3.05, 3.63) is 5.82 Å². The molecule has 0 spiro atoms. The number of nitrogens with zero attached hydrogens (tertiary/aromatic N) is 3. The lowest BCUT2D eigenvalue weighted by atomic mass is 9.53. The largest absolute Gasteiger partial charge is 0.350 e. The Balaban J connectivity index is 1.21. The molecule has 4 aliphatic carbocycles. The summed E-state index contributed by atoms with van der Waals surface area (Å²) in [5.41, 5.74) is 0.119. The normalized spacial score (nSPS) is 36.1. The van der Waals surface area contributed by atoms with E-state index in [0.717, 1.165) is 41.7 Å². The number of carbonyl (C=O) groups excluding carboxylic acids is 1. The van der Waals surface area contributed by atoms with Gasteiger partial charge in [-0.05, 0) is 69.1 Å². The molecule has 4 fully saturated rings. The zero-order chi connectivity index (χ0) is 16.9. The van der Waals surface area contributed by atoms with Gasteiger partial charge in [-0.1, -0.05) is 18.2 Å². The maximum Gasteiger partial charge on any atom is 0.230 e. The fourth-order valence-electron chi connectivity index (χ4n) is 6.29. The zero-order valence-corrected chi connectivity index (χ0v) is 15.7. The molecule has 1 aliphatic heterocycles. The van der Waals surface area contributed by atoms with E-state index in [1.807, 2.05) is 0 Å². The number of fused-ring (bicyclic) bond motifs is 1. The lowest BCUT2D eigenvalue weighted by Gasteiger charge is -2.56. The molecule has 4 bridgehead atoms. The van der Waals surface area contributed by atoms with E-state index < -0.39 is 0 Å². The Kier molecular flexibility index (Phi) is 4.06. The quantitative estimate of drug-likeness (QED) is 0.838. The number of thioether (sulfide) groups is 1. The van der Waals surface area contributed by atoms with E-state index >= 15 is 0 Å². The van der Waals surface area contributed by atoms with Gasteiger partial charge in [0, 0.05) is 18.5 Å². The maximum absolute atomic E-state index is 12.7. The Labute approximate surface area is 153 Å². The molecular formula is C19H28N4OS. The number of aryl methyl sites for hydroxylation is 1. The summed E-state index contributed by atoms with van der Waals surface area (Å²) in [5, 5.41) is 13.1. The number of amides is 1. The third kappa shape index (κ3) is 3.11. The van der Waals surface area contributed by atoms with Crippen LogP contribution in [0.4, 0.5) is 0 Å². The van der Waals surface area contributed by atoms with Crippen LogP contribution in [0.2, 0.25) is 0 Å². The lowest BCUT2D eigenvalue weighted by molar-refractivity contribution is -0.124. The van der Waals surface area contributed by atoms with E-state index in [4.69, 9.17) is 0 Å². The molecule has 4 saturated carbocycles. The van der Waals surface area contributed by atoms with Gasteiger partial charge in [-0.3, -0.25) is 4.79 Å². The molecule has 6 rings (SSSR count). The minimum atomic E-state index is 0.119. The molecule has 1 N–H and O–H groups in total. The molecule has 0 unspecified atom stereocenters. The lowest BCUT2D eigenvalue weighted by Crippen LogP contribution is -2.60. The van der Waals surface area contributed by atoms with Gasteiger partial charge in [-0.2, -0.15) is 0 Å². The molecular weight excluding hydrogens is 332 g/mol. The molecule has 0 atom stereocenters. The fraction of sp³-hybridized carbons (Fsp3) is 0.842. The smallest absolute Gasteiger partial charge is 0.230 e. The molecule has 0 saturated heterocycles. The summed E-state index contributed by atoms with van der Waals surface area (Å²) in [7, 11) is 0. The molecule has 0 aromatic carbocycles. The number of carbonyl (C=O) groups is 1. The van der Waals surface area contributed by atoms with Crippen LogP contribution in [0.3, 0.4) is 0 Å². The number of hydrogen-bond acceptors (Lipinski definition) is 4. The minimum absolute atomic E-state index is 0.119. The van der Waals surface area contributed by atoms with Crippen molar-refractivity contribution in [3.63, 3.8) is 0 Å². The van der Waals surface area contributed by atoms with Crippen molar-refractivity contribution in [2.75, 3.05) is 5.75 Å². The zero-order valence-electron chi connectivity index (χ0n) is 14.9. The predicted octanol–water partition coefficient (Wildman–Crippen LogP) is 3.18. The summed E-state index contributed by atoms with van der Waals surface area (Å²) in [6.07, 6.45) is 12.6. The number of hydrogen-bond donors (Lipinski definition) is 1. The van der Waals surface area contributed by atoms with Gasteiger partial charge in [0.15, 0.2) is 5.16 Å². The van der Waals surface area contributed by atoms with E-state index in [-0.39, 0.29) is 11.4 Å². The van der Waals surface area contributed by atoms with Crippen LogP contribution in [0, 0.1) is 17.8 Å². The van der Waals surface area contributed by atoms with Gasteiger partial charge in [-0.25, -0.2) is 0 Å². The summed E-state index contributed by atoms with van der Waals surface area (Å²) >= 11 is 1.56. The van der Waals surface area contributed by atoms with Gasteiger partial charge >= 0.3 is 0 Å². The van der Waals surface area contributed by atoms with Crippen LogP contribution >= 0.6 is 11.8 Å². The first-order chi connectivity index (χ1) is 12.2. The van der Waals surface area contributed by atoms with Crippen LogP contribution in [0.1, 0.15) is 63.6 Å². The Morgan fingerprint density at radius 1 is 1.08 bits per heavy atom. The van der Waals surface area contributed by atoms with Gasteiger partial charge in [0.05, 0.1) is 5.75 Å². The first-order valence-corrected chi connectivity index (χ1v) is 11.0. The van der Waals surface area contributed by atoms with Crippen molar-refractivity contribution in [1.29, 1.82) is 0 Å². The van der Waals surface area contributed by atoms with Gasteiger partial charge < -0.3 is 9.88 Å². The Morgan fingerprint density at radius 3 is 2.52 bits per heavy atom. The fourth-order valence-corrected chi connectivity index (χ4v) is 7.07. The van der Waals surface area contributed by atoms with Gasteiger partial charge in [0.2, 0.25) is 5.91 Å². The Morgan fingerprint density at radius 2 is 1.80 bits per heavy atom. The summed E-state index contributed by atoms with van der Waals surface area (Å²) in [5.74, 6) is 4.36. The second-order valence-electron chi connectivity index (χ2n) is 8.90. The van der Waals surface area contributed by atoms with Gasteiger partial charge in [-0.15, -0.1) is 10.2 Å². The Hall–Kier alpha value is -1.04. The molecule has 25 heavy (non-hydrogen) atoms. The SMILES string of the molecule is O=C(CSc1nnc2n1CCCCC2)NC12CC3CC(CC(C3)C1)C2. The first-order valence-electron chi connectivity index (χ1n) is 10.0. The van der Waals surface area contributed by atoms with E-state index in [2.05, 4.69) is 20.1 Å². The minimum Gasteiger partial charge on any atom is -0.350 e. The average molecular weight is 361 g/mol. The monoisotopic (exact) mass is 360 g/mol. The number of nitrogens with one attached hydrogen (secondary N) is 1. The summed E-state index contributed by atoms with van der Waals surface area (Å²) in [6, 6.07) is 0. The van der Waals surface area contributed by atoms with Crippen molar-refractivity contribution in [2.24, 2.45) is 17.8 Å². The van der Waals surface area contributed by atoms with E-state index in [1.165, 1.54) is 57.8 Å². The average Bonchev–Trinajstić information content (AvgIpc) is 2.78. The molecule has 0 radical (unpaired) electrons. The first kappa shape index (κ1) is 16.2. The van der Waals surface area contributed by atoms with E-state index in [9.17, 15) is 4.79 Å². The molecule has 136 valence electrons. The number of rotatable bonds is 4. The third-order valence-electron chi connectivity index (χ3n) is 6.85. The summed E-state index contributed by atoms with van der Waals surface area (Å²) in [4.78, 5) is 12.7. The third-order valence-corrected chi connectivity index (χ3v) is 7.82. The van der Waals surface area contributed by atoms with Crippen molar-refractivity contribution in [3.8, 4) is 0 Å². The topological polar surface area (TPSA) is 59.8 Å². The van der Waals surface area contributed by atoms with Crippen LogP contribution in [-0.2, 0) is 17.8 Å². The standard InChI is InChI=1S/C19H28N4OS/c24-17(12-25-18-22-21-16-4-2-1-3-5-23(16)18)20-19-9-13-6-14(10-19)8-15(7-13)11-19/h13-15H,1-12H2,(H,20,24). The van der Waals surface area contributed by atoms with Crippen LogP contribution in [0.5, 0.6) is 0 Å². The Bertz CT molecular complexity index is 635. The van der Waals surface area contributed by atoms with Crippen molar-refractivity contribution in [2.45, 2.75) is 81.4 Å². The maximum atomic E-state index is 12.7.